The second-order valence-electron chi connectivity index (χ2n) is 3.57. The number of carboxylic acid groups (broad SMARTS) is 1. The van der Waals surface area contributed by atoms with Gasteiger partial charge in [0.1, 0.15) is 6.54 Å². The third-order valence-corrected chi connectivity index (χ3v) is 2.06. The molecule has 0 aliphatic carbocycles. The zero-order chi connectivity index (χ0) is 12.8. The lowest BCUT2D eigenvalue weighted by Gasteiger charge is -2.01. The van der Waals surface area contributed by atoms with Crippen molar-refractivity contribution in [3.63, 3.8) is 0 Å². The van der Waals surface area contributed by atoms with Gasteiger partial charge in [-0.05, 0) is 13.3 Å². The van der Waals surface area contributed by atoms with E-state index in [1.54, 1.807) is 6.92 Å². The molecule has 0 aromatic carbocycles. The number of aromatic nitrogens is 2. The van der Waals surface area contributed by atoms with Gasteiger partial charge in [0.15, 0.2) is 0 Å². The number of nitrogens with zero attached hydrogens (tertiary/aromatic N) is 2. The molecule has 0 unspecified atom stereocenters. The highest BCUT2D eigenvalue weighted by Crippen LogP contribution is 2.07. The predicted octanol–water partition coefficient (Wildman–Crippen LogP) is 1.26. The third-order valence-electron chi connectivity index (χ3n) is 2.06. The van der Waals surface area contributed by atoms with E-state index in [-0.39, 0.29) is 12.5 Å². The van der Waals surface area contributed by atoms with Gasteiger partial charge in [0.25, 0.3) is 5.91 Å². The summed E-state index contributed by atoms with van der Waals surface area (Å²) in [4.78, 5) is 22.0. The Bertz CT molecular complexity index is 449. The molecule has 1 amide bonds. The summed E-state index contributed by atoms with van der Waals surface area (Å²) in [5, 5.41) is 15.0. The molecule has 0 radical (unpaired) electrons. The summed E-state index contributed by atoms with van der Waals surface area (Å²) in [5.41, 5.74) is 1.11. The van der Waals surface area contributed by atoms with Crippen molar-refractivity contribution in [1.29, 1.82) is 0 Å². The van der Waals surface area contributed by atoms with E-state index in [2.05, 4.69) is 10.4 Å². The summed E-state index contributed by atoms with van der Waals surface area (Å²) in [7, 11) is 0. The zero-order valence-electron chi connectivity index (χ0n) is 9.80. The number of amides is 1. The molecule has 1 aromatic rings. The second-order valence-corrected chi connectivity index (χ2v) is 3.57. The van der Waals surface area contributed by atoms with Crippen molar-refractivity contribution >= 4 is 17.6 Å². The number of carboxylic acids is 1. The maximum absolute atomic E-state index is 11.6. The van der Waals surface area contributed by atoms with E-state index in [1.807, 2.05) is 13.0 Å². The standard InChI is InChI=1S/C11H15N3O3/c1-3-4-8(2)11(17)13-9-5-12-14(6-9)7-10(15)16/h4-6H,3,7H2,1-2H3,(H,13,17)(H,15,16)/b8-4-. The predicted molar refractivity (Wildman–Crippen MR) is 62.5 cm³/mol. The van der Waals surface area contributed by atoms with E-state index in [0.717, 1.165) is 6.42 Å². The van der Waals surface area contributed by atoms with Gasteiger partial charge in [-0.15, -0.1) is 0 Å². The van der Waals surface area contributed by atoms with Crippen LogP contribution in [0.5, 0.6) is 0 Å². The van der Waals surface area contributed by atoms with E-state index >= 15 is 0 Å². The maximum Gasteiger partial charge on any atom is 0.325 e. The van der Waals surface area contributed by atoms with Crippen LogP contribution in [0.4, 0.5) is 5.69 Å². The number of hydrogen-bond acceptors (Lipinski definition) is 3. The van der Waals surface area contributed by atoms with Gasteiger partial charge in [0, 0.05) is 11.8 Å². The minimum atomic E-state index is -0.979. The number of aliphatic carboxylic acids is 1. The quantitative estimate of drug-likeness (QED) is 0.755. The minimum absolute atomic E-state index is 0.207. The van der Waals surface area contributed by atoms with Gasteiger partial charge in [-0.25, -0.2) is 0 Å². The first-order valence-electron chi connectivity index (χ1n) is 5.25. The van der Waals surface area contributed by atoms with Crippen LogP contribution in [0, 0.1) is 0 Å². The first kappa shape index (κ1) is 13.0. The molecule has 0 atom stereocenters. The van der Waals surface area contributed by atoms with Crippen LogP contribution < -0.4 is 5.32 Å². The molecule has 6 nitrogen and oxygen atoms in total. The molecule has 17 heavy (non-hydrogen) atoms. The number of anilines is 1. The van der Waals surface area contributed by atoms with E-state index in [1.165, 1.54) is 17.1 Å². The molecule has 0 spiro atoms. The van der Waals surface area contributed by atoms with Gasteiger partial charge in [-0.1, -0.05) is 13.0 Å². The van der Waals surface area contributed by atoms with E-state index in [4.69, 9.17) is 5.11 Å². The van der Waals surface area contributed by atoms with Crippen molar-refractivity contribution in [2.45, 2.75) is 26.8 Å². The molecular formula is C11H15N3O3. The number of carbonyl (C=O) groups is 2. The van der Waals surface area contributed by atoms with Crippen molar-refractivity contribution < 1.29 is 14.7 Å². The molecule has 0 saturated carbocycles. The number of hydrogen-bond donors (Lipinski definition) is 2. The fourth-order valence-corrected chi connectivity index (χ4v) is 1.28. The van der Waals surface area contributed by atoms with Crippen molar-refractivity contribution in [2.24, 2.45) is 0 Å². The molecule has 6 heteroatoms. The van der Waals surface area contributed by atoms with Crippen molar-refractivity contribution in [3.8, 4) is 0 Å². The Hall–Kier alpha value is -2.11. The average Bonchev–Trinajstić information content (AvgIpc) is 2.64. The topological polar surface area (TPSA) is 84.2 Å². The molecule has 92 valence electrons. The minimum Gasteiger partial charge on any atom is -0.480 e. The first-order valence-corrected chi connectivity index (χ1v) is 5.25. The number of carbonyl (C=O) groups excluding carboxylic acids is 1. The van der Waals surface area contributed by atoms with Gasteiger partial charge < -0.3 is 10.4 Å². The summed E-state index contributed by atoms with van der Waals surface area (Å²) in [6, 6.07) is 0. The highest BCUT2D eigenvalue weighted by Gasteiger charge is 2.07. The molecule has 0 aliphatic heterocycles. The van der Waals surface area contributed by atoms with Crippen LogP contribution >= 0.6 is 0 Å². The van der Waals surface area contributed by atoms with Crippen LogP contribution in [0.1, 0.15) is 20.3 Å². The Morgan fingerprint density at radius 1 is 1.59 bits per heavy atom. The van der Waals surface area contributed by atoms with Crippen LogP contribution in [-0.4, -0.2) is 26.8 Å². The number of rotatable bonds is 5. The molecule has 1 rings (SSSR count). The maximum atomic E-state index is 11.6. The molecule has 1 aromatic heterocycles. The Morgan fingerprint density at radius 2 is 2.29 bits per heavy atom. The van der Waals surface area contributed by atoms with Crippen molar-refractivity contribution in [3.05, 3.63) is 24.0 Å². The molecule has 0 aliphatic rings. The highest BCUT2D eigenvalue weighted by molar-refractivity contribution is 6.03. The molecule has 0 fully saturated rings. The smallest absolute Gasteiger partial charge is 0.325 e. The van der Waals surface area contributed by atoms with E-state index < -0.39 is 5.97 Å². The SMILES string of the molecule is CC/C=C(/C)C(=O)Nc1cnn(CC(=O)O)c1. The number of allylic oxidation sites excluding steroid dienone is 1. The van der Waals surface area contributed by atoms with E-state index in [0.29, 0.717) is 11.3 Å². The second kappa shape index (κ2) is 5.83. The van der Waals surface area contributed by atoms with Gasteiger partial charge in [0.2, 0.25) is 0 Å². The summed E-state index contributed by atoms with van der Waals surface area (Å²) in [6.07, 6.45) is 5.50. The molecular weight excluding hydrogens is 222 g/mol. The molecule has 0 saturated heterocycles. The Kier molecular flexibility index (Phi) is 4.45. The van der Waals surface area contributed by atoms with Crippen LogP contribution in [0.2, 0.25) is 0 Å². The average molecular weight is 237 g/mol. The van der Waals surface area contributed by atoms with Gasteiger partial charge >= 0.3 is 5.97 Å². The Morgan fingerprint density at radius 3 is 2.88 bits per heavy atom. The van der Waals surface area contributed by atoms with Crippen LogP contribution in [0.25, 0.3) is 0 Å². The molecule has 2 N–H and O–H groups in total. The monoisotopic (exact) mass is 237 g/mol. The van der Waals surface area contributed by atoms with Crippen molar-refractivity contribution in [2.75, 3.05) is 5.32 Å². The fourth-order valence-electron chi connectivity index (χ4n) is 1.28. The van der Waals surface area contributed by atoms with Crippen LogP contribution in [-0.2, 0) is 16.1 Å². The molecule has 1 heterocycles. The summed E-state index contributed by atoms with van der Waals surface area (Å²) < 4.78 is 1.25. The largest absolute Gasteiger partial charge is 0.480 e. The Labute approximate surface area is 98.9 Å². The van der Waals surface area contributed by atoms with Gasteiger partial charge in [-0.2, -0.15) is 5.10 Å². The number of nitrogens with one attached hydrogen (secondary N) is 1. The van der Waals surface area contributed by atoms with Gasteiger partial charge in [-0.3, -0.25) is 14.3 Å². The highest BCUT2D eigenvalue weighted by atomic mass is 16.4. The van der Waals surface area contributed by atoms with Crippen LogP contribution in [0.3, 0.4) is 0 Å². The lowest BCUT2D eigenvalue weighted by atomic mass is 10.2. The zero-order valence-corrected chi connectivity index (χ0v) is 9.80. The normalized spacial score (nSPS) is 11.3. The molecule has 0 bridgehead atoms. The Balaban J connectivity index is 2.63. The summed E-state index contributed by atoms with van der Waals surface area (Å²) >= 11 is 0. The first-order chi connectivity index (χ1) is 8.02. The van der Waals surface area contributed by atoms with Crippen molar-refractivity contribution in [1.82, 2.24) is 9.78 Å². The summed E-state index contributed by atoms with van der Waals surface area (Å²) in [6.45, 7) is 3.45. The van der Waals surface area contributed by atoms with Gasteiger partial charge in [0.05, 0.1) is 11.9 Å². The lowest BCUT2D eigenvalue weighted by Crippen LogP contribution is -2.12. The third kappa shape index (κ3) is 4.10. The van der Waals surface area contributed by atoms with Crippen LogP contribution in [0.15, 0.2) is 24.0 Å². The lowest BCUT2D eigenvalue weighted by molar-refractivity contribution is -0.137. The fraction of sp³-hybridized carbons (Fsp3) is 0.364. The van der Waals surface area contributed by atoms with E-state index in [9.17, 15) is 9.59 Å². The summed E-state index contributed by atoms with van der Waals surface area (Å²) in [5.74, 6) is -1.19.